The van der Waals surface area contributed by atoms with E-state index in [1.165, 1.54) is 22.3 Å². The van der Waals surface area contributed by atoms with Crippen LogP contribution in [0, 0.1) is 6.92 Å². The number of nitrogens with zero attached hydrogens (tertiary/aromatic N) is 1. The van der Waals surface area contributed by atoms with Crippen LogP contribution in [0.5, 0.6) is 0 Å². The SMILES string of the molecule is Cc1ccccc1-c1cccc(CN(C)CCC(=O)O)c1. The molecule has 0 heterocycles. The summed E-state index contributed by atoms with van der Waals surface area (Å²) in [5.74, 6) is -0.754. The van der Waals surface area contributed by atoms with Crippen molar-refractivity contribution in [3.8, 4) is 11.1 Å². The highest BCUT2D eigenvalue weighted by atomic mass is 16.4. The summed E-state index contributed by atoms with van der Waals surface area (Å²) >= 11 is 0. The van der Waals surface area contributed by atoms with Gasteiger partial charge in [0.05, 0.1) is 6.42 Å². The van der Waals surface area contributed by atoms with E-state index in [-0.39, 0.29) is 6.42 Å². The number of carboxylic acid groups (broad SMARTS) is 1. The summed E-state index contributed by atoms with van der Waals surface area (Å²) in [6, 6.07) is 16.8. The van der Waals surface area contributed by atoms with Gasteiger partial charge in [-0.3, -0.25) is 4.79 Å². The summed E-state index contributed by atoms with van der Waals surface area (Å²) in [5, 5.41) is 8.73. The van der Waals surface area contributed by atoms with Crippen LogP contribution < -0.4 is 0 Å². The van der Waals surface area contributed by atoms with E-state index in [1.807, 2.05) is 24.1 Å². The van der Waals surface area contributed by atoms with Gasteiger partial charge in [0.25, 0.3) is 0 Å². The number of carboxylic acids is 1. The Morgan fingerprint density at radius 1 is 1.14 bits per heavy atom. The van der Waals surface area contributed by atoms with Crippen molar-refractivity contribution in [1.29, 1.82) is 0 Å². The van der Waals surface area contributed by atoms with Crippen molar-refractivity contribution in [3.63, 3.8) is 0 Å². The van der Waals surface area contributed by atoms with Gasteiger partial charge in [-0.2, -0.15) is 0 Å². The molecule has 0 aliphatic rings. The first kappa shape index (κ1) is 15.3. The zero-order valence-corrected chi connectivity index (χ0v) is 12.5. The second-order valence-corrected chi connectivity index (χ2v) is 5.40. The zero-order chi connectivity index (χ0) is 15.2. The molecule has 0 bridgehead atoms. The van der Waals surface area contributed by atoms with Crippen LogP contribution in [0.2, 0.25) is 0 Å². The molecule has 2 rings (SSSR count). The lowest BCUT2D eigenvalue weighted by atomic mass is 9.99. The van der Waals surface area contributed by atoms with Gasteiger partial charge in [0.2, 0.25) is 0 Å². The molecule has 1 N–H and O–H groups in total. The molecule has 0 unspecified atom stereocenters. The first-order valence-electron chi connectivity index (χ1n) is 7.11. The first-order chi connectivity index (χ1) is 10.1. The summed E-state index contributed by atoms with van der Waals surface area (Å²) in [6.45, 7) is 3.43. The maximum atomic E-state index is 10.6. The Morgan fingerprint density at radius 2 is 1.90 bits per heavy atom. The van der Waals surface area contributed by atoms with E-state index < -0.39 is 5.97 Å². The fourth-order valence-corrected chi connectivity index (χ4v) is 2.41. The molecular formula is C18H21NO2. The maximum absolute atomic E-state index is 10.6. The molecule has 0 aliphatic carbocycles. The molecule has 0 saturated heterocycles. The number of hydrogen-bond donors (Lipinski definition) is 1. The summed E-state index contributed by atoms with van der Waals surface area (Å²) in [6.07, 6.45) is 0.175. The lowest BCUT2D eigenvalue weighted by molar-refractivity contribution is -0.137. The molecule has 3 nitrogen and oxygen atoms in total. The molecule has 2 aromatic rings. The van der Waals surface area contributed by atoms with Gasteiger partial charge in [-0.25, -0.2) is 0 Å². The lowest BCUT2D eigenvalue weighted by Gasteiger charge is -2.16. The van der Waals surface area contributed by atoms with E-state index in [4.69, 9.17) is 5.11 Å². The van der Waals surface area contributed by atoms with Crippen molar-refractivity contribution in [2.75, 3.05) is 13.6 Å². The molecule has 0 amide bonds. The van der Waals surface area contributed by atoms with Crippen molar-refractivity contribution in [2.45, 2.75) is 19.9 Å². The number of aliphatic carboxylic acids is 1. The Morgan fingerprint density at radius 3 is 2.62 bits per heavy atom. The summed E-state index contributed by atoms with van der Waals surface area (Å²) in [4.78, 5) is 12.6. The zero-order valence-electron chi connectivity index (χ0n) is 12.5. The first-order valence-corrected chi connectivity index (χ1v) is 7.11. The van der Waals surface area contributed by atoms with E-state index >= 15 is 0 Å². The predicted octanol–water partition coefficient (Wildman–Crippen LogP) is 3.57. The second kappa shape index (κ2) is 7.04. The summed E-state index contributed by atoms with van der Waals surface area (Å²) < 4.78 is 0. The molecular weight excluding hydrogens is 262 g/mol. The van der Waals surface area contributed by atoms with Crippen molar-refractivity contribution in [1.82, 2.24) is 4.90 Å². The average molecular weight is 283 g/mol. The van der Waals surface area contributed by atoms with Crippen LogP contribution in [0.25, 0.3) is 11.1 Å². The minimum Gasteiger partial charge on any atom is -0.481 e. The topological polar surface area (TPSA) is 40.5 Å². The van der Waals surface area contributed by atoms with Crippen molar-refractivity contribution >= 4 is 5.97 Å². The normalized spacial score (nSPS) is 10.8. The molecule has 0 aliphatic heterocycles. The van der Waals surface area contributed by atoms with Gasteiger partial charge in [0.15, 0.2) is 0 Å². The third kappa shape index (κ3) is 4.43. The largest absolute Gasteiger partial charge is 0.481 e. The highest BCUT2D eigenvalue weighted by molar-refractivity contribution is 5.68. The minimum atomic E-state index is -0.754. The third-order valence-electron chi connectivity index (χ3n) is 3.54. The Labute approximate surface area is 125 Å². The Bertz CT molecular complexity index is 622. The van der Waals surface area contributed by atoms with Crippen LogP contribution in [0.15, 0.2) is 48.5 Å². The van der Waals surface area contributed by atoms with Crippen LogP contribution in [-0.4, -0.2) is 29.6 Å². The molecule has 110 valence electrons. The van der Waals surface area contributed by atoms with Crippen LogP contribution in [0.3, 0.4) is 0 Å². The molecule has 0 atom stereocenters. The van der Waals surface area contributed by atoms with Crippen LogP contribution in [0.4, 0.5) is 0 Å². The van der Waals surface area contributed by atoms with Crippen molar-refractivity contribution < 1.29 is 9.90 Å². The predicted molar refractivity (Wildman–Crippen MR) is 85.2 cm³/mol. The summed E-state index contributed by atoms with van der Waals surface area (Å²) in [5.41, 5.74) is 4.90. The Hall–Kier alpha value is -2.13. The van der Waals surface area contributed by atoms with Gasteiger partial charge in [-0.1, -0.05) is 42.5 Å². The average Bonchev–Trinajstić information content (AvgIpc) is 2.46. The van der Waals surface area contributed by atoms with E-state index in [0.29, 0.717) is 6.54 Å². The van der Waals surface area contributed by atoms with Gasteiger partial charge in [0, 0.05) is 13.1 Å². The Kier molecular flexibility index (Phi) is 5.12. The fraction of sp³-hybridized carbons (Fsp3) is 0.278. The smallest absolute Gasteiger partial charge is 0.304 e. The number of carbonyl (C=O) groups is 1. The van der Waals surface area contributed by atoms with Gasteiger partial charge < -0.3 is 10.0 Å². The van der Waals surface area contributed by atoms with Gasteiger partial charge in [-0.15, -0.1) is 0 Å². The number of aryl methyl sites for hydroxylation is 1. The van der Waals surface area contributed by atoms with Crippen molar-refractivity contribution in [3.05, 3.63) is 59.7 Å². The number of hydrogen-bond acceptors (Lipinski definition) is 2. The highest BCUT2D eigenvalue weighted by Crippen LogP contribution is 2.24. The lowest BCUT2D eigenvalue weighted by Crippen LogP contribution is -2.21. The molecule has 0 saturated carbocycles. The quantitative estimate of drug-likeness (QED) is 0.881. The molecule has 0 spiro atoms. The maximum Gasteiger partial charge on any atom is 0.304 e. The fourth-order valence-electron chi connectivity index (χ4n) is 2.41. The summed E-state index contributed by atoms with van der Waals surface area (Å²) in [7, 11) is 1.95. The van der Waals surface area contributed by atoms with Crippen molar-refractivity contribution in [2.24, 2.45) is 0 Å². The van der Waals surface area contributed by atoms with E-state index in [0.717, 1.165) is 6.54 Å². The minimum absolute atomic E-state index is 0.175. The van der Waals surface area contributed by atoms with Crippen LogP contribution >= 0.6 is 0 Å². The monoisotopic (exact) mass is 283 g/mol. The van der Waals surface area contributed by atoms with Crippen LogP contribution in [-0.2, 0) is 11.3 Å². The van der Waals surface area contributed by atoms with E-state index in [1.54, 1.807) is 0 Å². The van der Waals surface area contributed by atoms with E-state index in [2.05, 4.69) is 43.3 Å². The second-order valence-electron chi connectivity index (χ2n) is 5.40. The number of rotatable bonds is 6. The molecule has 0 fully saturated rings. The molecule has 0 aromatic heterocycles. The Balaban J connectivity index is 2.11. The standard InChI is InChI=1S/C18H21NO2/c1-14-6-3-4-9-17(14)16-8-5-7-15(12-16)13-19(2)11-10-18(20)21/h3-9,12H,10-11,13H2,1-2H3,(H,20,21). The van der Waals surface area contributed by atoms with Gasteiger partial charge >= 0.3 is 5.97 Å². The molecule has 21 heavy (non-hydrogen) atoms. The van der Waals surface area contributed by atoms with Crippen LogP contribution in [0.1, 0.15) is 17.5 Å². The van der Waals surface area contributed by atoms with Gasteiger partial charge in [-0.05, 0) is 42.3 Å². The molecule has 3 heteroatoms. The van der Waals surface area contributed by atoms with Gasteiger partial charge in [0.1, 0.15) is 0 Å². The highest BCUT2D eigenvalue weighted by Gasteiger charge is 2.06. The third-order valence-corrected chi connectivity index (χ3v) is 3.54. The molecule has 0 radical (unpaired) electrons. The number of benzene rings is 2. The van der Waals surface area contributed by atoms with E-state index in [9.17, 15) is 4.79 Å². The molecule has 2 aromatic carbocycles.